The first-order valence-corrected chi connectivity index (χ1v) is 11.4. The predicted molar refractivity (Wildman–Crippen MR) is 112 cm³/mol. The molecule has 0 saturated heterocycles. The van der Waals surface area contributed by atoms with E-state index in [0.717, 1.165) is 22.2 Å². The number of carbonyl (C=O) groups excluding carboxylic acids is 1. The van der Waals surface area contributed by atoms with Crippen LogP contribution in [0.4, 0.5) is 4.39 Å². The van der Waals surface area contributed by atoms with Crippen molar-refractivity contribution in [3.8, 4) is 0 Å². The summed E-state index contributed by atoms with van der Waals surface area (Å²) in [5, 5.41) is 0.777. The molecule has 0 bridgehead atoms. The van der Waals surface area contributed by atoms with Gasteiger partial charge in [-0.3, -0.25) is 4.79 Å². The van der Waals surface area contributed by atoms with E-state index >= 15 is 0 Å². The van der Waals surface area contributed by atoms with Gasteiger partial charge in [-0.1, -0.05) is 13.8 Å². The molecule has 3 aromatic rings. The first kappa shape index (κ1) is 20.6. The van der Waals surface area contributed by atoms with Crippen molar-refractivity contribution in [2.24, 2.45) is 7.05 Å². The Morgan fingerprint density at radius 3 is 2.67 bits per heavy atom. The maximum absolute atomic E-state index is 13.7. The molecule has 1 aliphatic rings. The number of rotatable bonds is 5. The topological polar surface area (TPSA) is 78.4 Å². The Morgan fingerprint density at radius 2 is 1.97 bits per heavy atom. The number of nitrogens with zero attached hydrogens (tertiary/aromatic N) is 3. The minimum atomic E-state index is -3.65. The van der Waals surface area contributed by atoms with Crippen LogP contribution in [0.3, 0.4) is 0 Å². The van der Waals surface area contributed by atoms with E-state index in [1.54, 1.807) is 36.4 Å². The van der Waals surface area contributed by atoms with E-state index < -0.39 is 10.0 Å². The number of benzene rings is 1. The van der Waals surface area contributed by atoms with Crippen molar-refractivity contribution >= 4 is 26.8 Å². The Labute approximate surface area is 175 Å². The van der Waals surface area contributed by atoms with Crippen LogP contribution in [0.1, 0.15) is 35.6 Å². The summed E-state index contributed by atoms with van der Waals surface area (Å²) < 4.78 is 42.3. The second-order valence-corrected chi connectivity index (χ2v) is 9.45. The highest BCUT2D eigenvalue weighted by molar-refractivity contribution is 7.89. The van der Waals surface area contributed by atoms with E-state index in [9.17, 15) is 17.6 Å². The molecule has 9 heteroatoms. The second kappa shape index (κ2) is 7.55. The van der Waals surface area contributed by atoms with Gasteiger partial charge in [0.1, 0.15) is 16.4 Å². The van der Waals surface area contributed by atoms with Crippen LogP contribution < -0.4 is 0 Å². The molecule has 0 spiro atoms. The van der Waals surface area contributed by atoms with Crippen molar-refractivity contribution in [3.05, 3.63) is 53.2 Å². The fraction of sp³-hybridized carbons (Fsp3) is 0.381. The molecule has 7 nitrogen and oxygen atoms in total. The Bertz CT molecular complexity index is 1220. The largest absolute Gasteiger partial charge is 0.358 e. The highest BCUT2D eigenvalue weighted by atomic mass is 32.2. The van der Waals surface area contributed by atoms with Crippen LogP contribution in [0.25, 0.3) is 10.9 Å². The van der Waals surface area contributed by atoms with Gasteiger partial charge in [-0.15, -0.1) is 0 Å². The molecule has 0 unspecified atom stereocenters. The minimum absolute atomic E-state index is 0.115. The summed E-state index contributed by atoms with van der Waals surface area (Å²) in [6.07, 6.45) is 2.11. The lowest BCUT2D eigenvalue weighted by Crippen LogP contribution is -2.36. The van der Waals surface area contributed by atoms with Gasteiger partial charge in [0, 0.05) is 68.0 Å². The molecule has 1 amide bonds. The zero-order valence-corrected chi connectivity index (χ0v) is 18.1. The third-order valence-corrected chi connectivity index (χ3v) is 7.78. The zero-order valence-electron chi connectivity index (χ0n) is 17.3. The smallest absolute Gasteiger partial charge is 0.270 e. The van der Waals surface area contributed by atoms with Crippen LogP contribution in [0.15, 0.2) is 35.4 Å². The highest BCUT2D eigenvalue weighted by Crippen LogP contribution is 2.29. The molecule has 0 aliphatic carbocycles. The van der Waals surface area contributed by atoms with Gasteiger partial charge in [-0.25, -0.2) is 12.8 Å². The molecule has 0 saturated carbocycles. The fourth-order valence-corrected chi connectivity index (χ4v) is 5.65. The van der Waals surface area contributed by atoms with Gasteiger partial charge in [0.05, 0.1) is 0 Å². The molecule has 30 heavy (non-hydrogen) atoms. The monoisotopic (exact) mass is 432 g/mol. The molecule has 1 N–H and O–H groups in total. The molecule has 160 valence electrons. The normalized spacial score (nSPS) is 14.5. The number of hydrogen-bond donors (Lipinski definition) is 1. The average Bonchev–Trinajstić information content (AvgIpc) is 3.28. The molecular weight excluding hydrogens is 407 g/mol. The van der Waals surface area contributed by atoms with Crippen LogP contribution in [-0.4, -0.2) is 52.7 Å². The van der Waals surface area contributed by atoms with Crippen LogP contribution in [-0.2, 0) is 30.0 Å². The van der Waals surface area contributed by atoms with Gasteiger partial charge in [0.25, 0.3) is 5.91 Å². The maximum atomic E-state index is 13.7. The Kier molecular flexibility index (Phi) is 5.19. The highest BCUT2D eigenvalue weighted by Gasteiger charge is 2.29. The van der Waals surface area contributed by atoms with E-state index in [1.807, 2.05) is 0 Å². The molecule has 1 aliphatic heterocycles. The van der Waals surface area contributed by atoms with Crippen molar-refractivity contribution < 1.29 is 17.6 Å². The second-order valence-electron chi connectivity index (χ2n) is 7.51. The summed E-state index contributed by atoms with van der Waals surface area (Å²) in [6.45, 7) is 5.15. The van der Waals surface area contributed by atoms with Gasteiger partial charge in [0.2, 0.25) is 10.0 Å². The molecule has 2 aromatic heterocycles. The van der Waals surface area contributed by atoms with Crippen LogP contribution in [0, 0.1) is 5.82 Å². The van der Waals surface area contributed by atoms with Gasteiger partial charge >= 0.3 is 0 Å². The van der Waals surface area contributed by atoms with E-state index in [2.05, 4.69) is 4.98 Å². The van der Waals surface area contributed by atoms with Gasteiger partial charge in [-0.05, 0) is 24.3 Å². The Hall–Kier alpha value is -2.65. The zero-order chi connectivity index (χ0) is 21.6. The van der Waals surface area contributed by atoms with Crippen molar-refractivity contribution in [2.75, 3.05) is 19.6 Å². The third-order valence-electron chi connectivity index (χ3n) is 5.77. The number of aromatic nitrogens is 2. The molecular formula is C21H25FN4O3S. The Balaban J connectivity index is 1.64. The lowest BCUT2D eigenvalue weighted by atomic mass is 10.0. The van der Waals surface area contributed by atoms with E-state index in [4.69, 9.17) is 0 Å². The third kappa shape index (κ3) is 3.31. The summed E-state index contributed by atoms with van der Waals surface area (Å²) in [6, 6.07) is 6.04. The maximum Gasteiger partial charge on any atom is 0.270 e. The van der Waals surface area contributed by atoms with E-state index in [1.165, 1.54) is 28.7 Å². The number of hydrogen-bond acceptors (Lipinski definition) is 3. The number of aromatic amines is 1. The van der Waals surface area contributed by atoms with Crippen molar-refractivity contribution in [1.82, 2.24) is 18.8 Å². The van der Waals surface area contributed by atoms with Crippen LogP contribution in [0.5, 0.6) is 0 Å². The van der Waals surface area contributed by atoms with Crippen molar-refractivity contribution in [2.45, 2.75) is 31.7 Å². The van der Waals surface area contributed by atoms with Gasteiger partial charge in [-0.2, -0.15) is 4.31 Å². The van der Waals surface area contributed by atoms with Gasteiger partial charge < -0.3 is 14.5 Å². The number of sulfonamides is 1. The molecule has 0 fully saturated rings. The lowest BCUT2D eigenvalue weighted by Gasteiger charge is -2.27. The molecule has 3 heterocycles. The quantitative estimate of drug-likeness (QED) is 0.673. The lowest BCUT2D eigenvalue weighted by molar-refractivity contribution is 0.0725. The first-order valence-electron chi connectivity index (χ1n) is 10.0. The summed E-state index contributed by atoms with van der Waals surface area (Å²) in [4.78, 5) is 18.3. The SMILES string of the molecule is CCN(CC)S(=O)(=O)c1cc(C(=O)N2CCc3[nH]c4ccc(F)cc4c3C2)n(C)c1. The fourth-order valence-electron chi connectivity index (χ4n) is 4.12. The Morgan fingerprint density at radius 1 is 1.23 bits per heavy atom. The summed E-state index contributed by atoms with van der Waals surface area (Å²) in [7, 11) is -1.97. The van der Waals surface area contributed by atoms with E-state index in [0.29, 0.717) is 38.3 Å². The van der Waals surface area contributed by atoms with Crippen molar-refractivity contribution in [1.29, 1.82) is 0 Å². The number of aryl methyl sites for hydroxylation is 1. The number of carbonyl (C=O) groups is 1. The van der Waals surface area contributed by atoms with Crippen LogP contribution in [0.2, 0.25) is 0 Å². The molecule has 0 atom stereocenters. The minimum Gasteiger partial charge on any atom is -0.358 e. The molecule has 4 rings (SSSR count). The summed E-state index contributed by atoms with van der Waals surface area (Å²) in [5.74, 6) is -0.559. The van der Waals surface area contributed by atoms with E-state index in [-0.39, 0.29) is 16.6 Å². The number of nitrogens with one attached hydrogen (secondary N) is 1. The predicted octanol–water partition coefficient (Wildman–Crippen LogP) is 2.87. The summed E-state index contributed by atoms with van der Waals surface area (Å²) >= 11 is 0. The number of halogens is 1. The standard InChI is InChI=1S/C21H25FN4O3S/c1-4-26(5-2)30(28,29)15-11-20(24(3)12-15)21(27)25-9-8-19-17(13-25)16-10-14(22)6-7-18(16)23-19/h6-7,10-12,23H,4-5,8-9,13H2,1-3H3. The molecule has 0 radical (unpaired) electrons. The number of amides is 1. The molecule has 1 aromatic carbocycles. The number of H-pyrrole nitrogens is 1. The van der Waals surface area contributed by atoms with Gasteiger partial charge in [0.15, 0.2) is 0 Å². The first-order chi connectivity index (χ1) is 14.3. The van der Waals surface area contributed by atoms with Crippen LogP contribution >= 0.6 is 0 Å². The average molecular weight is 433 g/mol. The summed E-state index contributed by atoms with van der Waals surface area (Å²) in [5.41, 5.74) is 3.09. The van der Waals surface area contributed by atoms with Crippen molar-refractivity contribution in [3.63, 3.8) is 0 Å². The number of fused-ring (bicyclic) bond motifs is 3.